The molecule has 112 valence electrons. The van der Waals surface area contributed by atoms with Crippen molar-refractivity contribution in [2.75, 3.05) is 26.8 Å². The summed E-state index contributed by atoms with van der Waals surface area (Å²) in [4.78, 5) is 2.76. The van der Waals surface area contributed by atoms with E-state index in [0.29, 0.717) is 6.04 Å². The molecule has 3 unspecified atom stereocenters. The number of rotatable bonds is 8. The molecule has 0 aromatic carbocycles. The van der Waals surface area contributed by atoms with E-state index in [0.717, 1.165) is 37.7 Å². The zero-order valence-electron chi connectivity index (χ0n) is 13.0. The summed E-state index contributed by atoms with van der Waals surface area (Å²) in [5.41, 5.74) is 0. The summed E-state index contributed by atoms with van der Waals surface area (Å²) in [7, 11) is 1.82. The molecule has 3 heteroatoms. The zero-order valence-corrected chi connectivity index (χ0v) is 13.0. The molecule has 0 bridgehead atoms. The number of hydrogen-bond donors (Lipinski definition) is 1. The lowest BCUT2D eigenvalue weighted by Gasteiger charge is -2.43. The number of hydrogen-bond acceptors (Lipinski definition) is 3. The van der Waals surface area contributed by atoms with Crippen LogP contribution in [-0.4, -0.2) is 49.8 Å². The lowest BCUT2D eigenvalue weighted by molar-refractivity contribution is 0.0480. The van der Waals surface area contributed by atoms with Crippen LogP contribution >= 0.6 is 0 Å². The first kappa shape index (κ1) is 15.3. The van der Waals surface area contributed by atoms with Crippen molar-refractivity contribution in [2.45, 2.75) is 70.5 Å². The van der Waals surface area contributed by atoms with Crippen molar-refractivity contribution >= 4 is 0 Å². The number of ether oxygens (including phenoxy) is 1. The van der Waals surface area contributed by atoms with Crippen LogP contribution in [0.25, 0.3) is 0 Å². The molecule has 2 rings (SSSR count). The fourth-order valence-corrected chi connectivity index (χ4v) is 3.73. The Morgan fingerprint density at radius 1 is 1.21 bits per heavy atom. The van der Waals surface area contributed by atoms with Gasteiger partial charge in [-0.2, -0.15) is 0 Å². The summed E-state index contributed by atoms with van der Waals surface area (Å²) in [5, 5.41) is 3.72. The quantitative estimate of drug-likeness (QED) is 0.732. The van der Waals surface area contributed by atoms with Gasteiger partial charge in [-0.05, 0) is 45.1 Å². The van der Waals surface area contributed by atoms with Crippen molar-refractivity contribution < 1.29 is 4.74 Å². The van der Waals surface area contributed by atoms with Gasteiger partial charge in [0.05, 0.1) is 6.61 Å². The minimum Gasteiger partial charge on any atom is -0.383 e. The molecule has 0 spiro atoms. The average molecular weight is 268 g/mol. The zero-order chi connectivity index (χ0) is 13.7. The molecule has 3 nitrogen and oxygen atoms in total. The van der Waals surface area contributed by atoms with E-state index in [4.69, 9.17) is 4.74 Å². The van der Waals surface area contributed by atoms with E-state index in [1.165, 1.54) is 38.5 Å². The van der Waals surface area contributed by atoms with E-state index in [2.05, 4.69) is 24.1 Å². The Morgan fingerprint density at radius 3 is 2.58 bits per heavy atom. The van der Waals surface area contributed by atoms with E-state index in [9.17, 15) is 0 Å². The summed E-state index contributed by atoms with van der Waals surface area (Å²) < 4.78 is 5.35. The minimum absolute atomic E-state index is 0.691. The predicted molar refractivity (Wildman–Crippen MR) is 80.5 cm³/mol. The predicted octanol–water partition coefficient (Wildman–Crippen LogP) is 2.65. The highest BCUT2D eigenvalue weighted by atomic mass is 16.5. The number of methoxy groups -OCH3 is 1. The molecule has 3 atom stereocenters. The molecule has 0 heterocycles. The van der Waals surface area contributed by atoms with Crippen molar-refractivity contribution in [3.63, 3.8) is 0 Å². The third kappa shape index (κ3) is 4.17. The van der Waals surface area contributed by atoms with Gasteiger partial charge in [0.15, 0.2) is 0 Å². The Balaban J connectivity index is 2.00. The van der Waals surface area contributed by atoms with Crippen LogP contribution in [0.2, 0.25) is 0 Å². The van der Waals surface area contributed by atoms with Crippen molar-refractivity contribution in [3.05, 3.63) is 0 Å². The molecule has 0 radical (unpaired) electrons. The van der Waals surface area contributed by atoms with E-state index in [1.807, 2.05) is 7.11 Å². The van der Waals surface area contributed by atoms with Crippen LogP contribution < -0.4 is 5.32 Å². The number of nitrogens with zero attached hydrogens (tertiary/aromatic N) is 1. The normalized spacial score (nSPS) is 29.7. The lowest BCUT2D eigenvalue weighted by Crippen LogP contribution is -2.55. The van der Waals surface area contributed by atoms with E-state index in [1.54, 1.807) is 0 Å². The molecule has 0 aromatic heterocycles. The van der Waals surface area contributed by atoms with Gasteiger partial charge in [0.1, 0.15) is 0 Å². The summed E-state index contributed by atoms with van der Waals surface area (Å²) in [6.07, 6.45) is 8.36. The maximum atomic E-state index is 5.35. The topological polar surface area (TPSA) is 24.5 Å². The van der Waals surface area contributed by atoms with Crippen molar-refractivity contribution in [1.29, 1.82) is 0 Å². The molecule has 1 N–H and O–H groups in total. The van der Waals surface area contributed by atoms with Crippen LogP contribution in [0.5, 0.6) is 0 Å². The second-order valence-electron chi connectivity index (χ2n) is 6.32. The van der Waals surface area contributed by atoms with E-state index < -0.39 is 0 Å². The highest BCUT2D eigenvalue weighted by molar-refractivity contribution is 4.94. The second kappa shape index (κ2) is 7.61. The van der Waals surface area contributed by atoms with Crippen LogP contribution in [0, 0.1) is 5.92 Å². The maximum Gasteiger partial charge on any atom is 0.0589 e. The molecule has 2 aliphatic carbocycles. The Hall–Kier alpha value is -0.120. The van der Waals surface area contributed by atoms with Crippen LogP contribution in [0.15, 0.2) is 0 Å². The van der Waals surface area contributed by atoms with Gasteiger partial charge < -0.3 is 10.1 Å². The fourth-order valence-electron chi connectivity index (χ4n) is 3.73. The smallest absolute Gasteiger partial charge is 0.0589 e. The maximum absolute atomic E-state index is 5.35. The third-order valence-electron chi connectivity index (χ3n) is 5.00. The molecule has 0 aliphatic heterocycles. The van der Waals surface area contributed by atoms with Gasteiger partial charge in [0, 0.05) is 31.8 Å². The summed E-state index contributed by atoms with van der Waals surface area (Å²) in [5.74, 6) is 0.945. The van der Waals surface area contributed by atoms with Crippen LogP contribution in [0.1, 0.15) is 52.4 Å². The van der Waals surface area contributed by atoms with E-state index in [-0.39, 0.29) is 0 Å². The van der Waals surface area contributed by atoms with Gasteiger partial charge in [-0.15, -0.1) is 0 Å². The van der Waals surface area contributed by atoms with Crippen LogP contribution in [0.3, 0.4) is 0 Å². The first-order chi connectivity index (χ1) is 9.27. The summed E-state index contributed by atoms with van der Waals surface area (Å²) >= 11 is 0. The monoisotopic (exact) mass is 268 g/mol. The fraction of sp³-hybridized carbons (Fsp3) is 1.00. The van der Waals surface area contributed by atoms with Gasteiger partial charge in [-0.3, -0.25) is 4.90 Å². The highest BCUT2D eigenvalue weighted by Crippen LogP contribution is 2.37. The minimum atomic E-state index is 0.691. The van der Waals surface area contributed by atoms with Gasteiger partial charge in [0.2, 0.25) is 0 Å². The van der Waals surface area contributed by atoms with Crippen molar-refractivity contribution in [3.8, 4) is 0 Å². The molecular weight excluding hydrogens is 236 g/mol. The Kier molecular flexibility index (Phi) is 6.11. The van der Waals surface area contributed by atoms with Gasteiger partial charge >= 0.3 is 0 Å². The highest BCUT2D eigenvalue weighted by Gasteiger charge is 2.38. The Bertz CT molecular complexity index is 253. The van der Waals surface area contributed by atoms with Crippen LogP contribution in [0.4, 0.5) is 0 Å². The van der Waals surface area contributed by atoms with Gasteiger partial charge in [0.25, 0.3) is 0 Å². The van der Waals surface area contributed by atoms with Crippen molar-refractivity contribution in [2.24, 2.45) is 5.92 Å². The lowest BCUT2D eigenvalue weighted by atomic mass is 9.88. The molecule has 2 aliphatic rings. The molecular formula is C16H32N2O. The average Bonchev–Trinajstić information content (AvgIpc) is 3.25. The van der Waals surface area contributed by atoms with Gasteiger partial charge in [-0.25, -0.2) is 0 Å². The second-order valence-corrected chi connectivity index (χ2v) is 6.32. The molecule has 0 saturated heterocycles. The summed E-state index contributed by atoms with van der Waals surface area (Å²) in [6, 6.07) is 2.15. The summed E-state index contributed by atoms with van der Waals surface area (Å²) in [6.45, 7) is 7.73. The molecule has 2 fully saturated rings. The largest absolute Gasteiger partial charge is 0.383 e. The molecule has 19 heavy (non-hydrogen) atoms. The molecule has 0 aromatic rings. The standard InChI is InChI=1S/C16H32N2O/c1-4-17-15-7-5-6-8-16(15)18(11-12-19-3)13(2)14-9-10-14/h13-17H,4-12H2,1-3H3. The first-order valence-corrected chi connectivity index (χ1v) is 8.26. The van der Waals surface area contributed by atoms with Crippen molar-refractivity contribution in [1.82, 2.24) is 10.2 Å². The number of likely N-dealkylation sites (N-methyl/N-ethyl adjacent to an activating group) is 1. The Labute approximate surface area is 119 Å². The molecule has 2 saturated carbocycles. The SMILES string of the molecule is CCNC1CCCCC1N(CCOC)C(C)C1CC1. The Morgan fingerprint density at radius 2 is 1.95 bits per heavy atom. The van der Waals surface area contributed by atoms with E-state index >= 15 is 0 Å². The third-order valence-corrected chi connectivity index (χ3v) is 5.00. The number of nitrogens with one attached hydrogen (secondary N) is 1. The first-order valence-electron chi connectivity index (χ1n) is 8.26. The molecule has 0 amide bonds. The van der Waals surface area contributed by atoms with Gasteiger partial charge in [-0.1, -0.05) is 19.8 Å². The van der Waals surface area contributed by atoms with Crippen LogP contribution in [-0.2, 0) is 4.74 Å².